The average Bonchev–Trinajstić information content (AvgIpc) is 2.43. The van der Waals surface area contributed by atoms with Gasteiger partial charge in [-0.05, 0) is 60.9 Å². The molecule has 0 aliphatic carbocycles. The Morgan fingerprint density at radius 3 is 2.35 bits per heavy atom. The van der Waals surface area contributed by atoms with Crippen molar-refractivity contribution in [3.63, 3.8) is 0 Å². The van der Waals surface area contributed by atoms with Gasteiger partial charge in [-0.2, -0.15) is 0 Å². The minimum atomic E-state index is -0.708. The van der Waals surface area contributed by atoms with Crippen molar-refractivity contribution in [1.29, 1.82) is 0 Å². The summed E-state index contributed by atoms with van der Waals surface area (Å²) >= 11 is 0. The number of carboxylic acids is 1. The molecule has 20 heavy (non-hydrogen) atoms. The van der Waals surface area contributed by atoms with E-state index in [1.54, 1.807) is 6.08 Å². The molecule has 2 heteroatoms. The van der Waals surface area contributed by atoms with Crippen LogP contribution in [0, 0.1) is 47.9 Å². The Bertz CT molecular complexity index is 528. The van der Waals surface area contributed by atoms with Crippen molar-refractivity contribution in [3.05, 3.63) is 12.2 Å². The van der Waals surface area contributed by atoms with Crippen molar-refractivity contribution in [2.24, 2.45) is 0 Å². The maximum atomic E-state index is 10.3. The molecule has 0 atom stereocenters. The first-order chi connectivity index (χ1) is 9.77. The number of hydrogen-bond donors (Lipinski definition) is 1. The minimum Gasteiger partial charge on any atom is -0.481 e. The molecule has 0 saturated carbocycles. The summed E-state index contributed by atoms with van der Waals surface area (Å²) < 4.78 is 0. The molecule has 0 rings (SSSR count). The highest BCUT2D eigenvalue weighted by molar-refractivity contribution is 5.66. The Morgan fingerprint density at radius 2 is 1.60 bits per heavy atom. The third kappa shape index (κ3) is 15.4. The van der Waals surface area contributed by atoms with Crippen LogP contribution in [0.15, 0.2) is 12.2 Å². The molecule has 0 spiro atoms. The summed E-state index contributed by atoms with van der Waals surface area (Å²) in [5.74, 6) is 16.8. The number of unbranched alkanes of at least 4 members (excludes halogenated alkanes) is 5. The lowest BCUT2D eigenvalue weighted by Gasteiger charge is -1.97. The SMILES string of the molecule is C#CC#CC#CC#C/C=C/CCCCCCCC(=O)O. The lowest BCUT2D eigenvalue weighted by Crippen LogP contribution is -1.93. The van der Waals surface area contributed by atoms with Crippen LogP contribution in [0.25, 0.3) is 0 Å². The quantitative estimate of drug-likeness (QED) is 0.541. The van der Waals surface area contributed by atoms with Gasteiger partial charge in [0.1, 0.15) is 0 Å². The largest absolute Gasteiger partial charge is 0.481 e. The third-order valence-corrected chi connectivity index (χ3v) is 2.36. The minimum absolute atomic E-state index is 0.280. The monoisotopic (exact) mass is 266 g/mol. The summed E-state index contributed by atoms with van der Waals surface area (Å²) in [6.07, 6.45) is 15.1. The van der Waals surface area contributed by atoms with Crippen molar-refractivity contribution in [1.82, 2.24) is 0 Å². The summed E-state index contributed by atoms with van der Waals surface area (Å²) in [7, 11) is 0. The molecule has 0 aromatic carbocycles. The number of aliphatic carboxylic acids is 1. The highest BCUT2D eigenvalue weighted by Crippen LogP contribution is 2.07. The number of carbonyl (C=O) groups is 1. The number of terminal acetylenes is 1. The second-order valence-corrected chi connectivity index (χ2v) is 4.02. The van der Waals surface area contributed by atoms with E-state index in [0.717, 1.165) is 38.5 Å². The normalized spacial score (nSPS) is 8.35. The van der Waals surface area contributed by atoms with E-state index in [1.807, 2.05) is 6.08 Å². The number of rotatable bonds is 8. The van der Waals surface area contributed by atoms with Crippen LogP contribution in [0.1, 0.15) is 44.9 Å². The maximum absolute atomic E-state index is 10.3. The predicted molar refractivity (Wildman–Crippen MR) is 81.3 cm³/mol. The fourth-order valence-corrected chi connectivity index (χ4v) is 1.42. The summed E-state index contributed by atoms with van der Waals surface area (Å²) in [5.41, 5.74) is 0. The van der Waals surface area contributed by atoms with E-state index in [1.165, 1.54) is 0 Å². The molecule has 0 aromatic heterocycles. The van der Waals surface area contributed by atoms with Crippen LogP contribution in [-0.4, -0.2) is 11.1 Å². The van der Waals surface area contributed by atoms with Crippen molar-refractivity contribution < 1.29 is 9.90 Å². The van der Waals surface area contributed by atoms with Gasteiger partial charge in [0.2, 0.25) is 0 Å². The Balaban J connectivity index is 3.49. The van der Waals surface area contributed by atoms with Crippen LogP contribution in [0.4, 0.5) is 0 Å². The lowest BCUT2D eigenvalue weighted by atomic mass is 10.1. The molecule has 0 fully saturated rings. The van der Waals surface area contributed by atoms with E-state index in [0.29, 0.717) is 0 Å². The smallest absolute Gasteiger partial charge is 0.303 e. The van der Waals surface area contributed by atoms with E-state index in [-0.39, 0.29) is 6.42 Å². The zero-order valence-electron chi connectivity index (χ0n) is 11.5. The van der Waals surface area contributed by atoms with Gasteiger partial charge >= 0.3 is 5.97 Å². The number of carboxylic acid groups (broad SMARTS) is 1. The highest BCUT2D eigenvalue weighted by atomic mass is 16.4. The van der Waals surface area contributed by atoms with Crippen LogP contribution in [0.5, 0.6) is 0 Å². The molecule has 0 unspecified atom stereocenters. The van der Waals surface area contributed by atoms with E-state index in [9.17, 15) is 4.79 Å². The average molecular weight is 266 g/mol. The Morgan fingerprint density at radius 1 is 0.950 bits per heavy atom. The van der Waals surface area contributed by atoms with Gasteiger partial charge in [0.15, 0.2) is 0 Å². The molecule has 0 aliphatic heterocycles. The highest BCUT2D eigenvalue weighted by Gasteiger charge is 1.95. The van der Waals surface area contributed by atoms with Gasteiger partial charge in [0, 0.05) is 6.42 Å². The van der Waals surface area contributed by atoms with Gasteiger partial charge in [0.25, 0.3) is 0 Å². The molecular weight excluding hydrogens is 248 g/mol. The van der Waals surface area contributed by atoms with E-state index < -0.39 is 5.97 Å². The molecule has 0 aliphatic rings. The fraction of sp³-hybridized carbons (Fsp3) is 0.389. The second kappa shape index (κ2) is 14.5. The van der Waals surface area contributed by atoms with Crippen molar-refractivity contribution >= 4 is 5.97 Å². The Hall–Kier alpha value is -2.55. The maximum Gasteiger partial charge on any atom is 0.303 e. The first kappa shape index (κ1) is 17.4. The van der Waals surface area contributed by atoms with E-state index in [4.69, 9.17) is 11.5 Å². The van der Waals surface area contributed by atoms with Crippen molar-refractivity contribution in [2.75, 3.05) is 0 Å². The van der Waals surface area contributed by atoms with Gasteiger partial charge in [-0.1, -0.05) is 31.3 Å². The molecule has 0 heterocycles. The van der Waals surface area contributed by atoms with Crippen LogP contribution >= 0.6 is 0 Å². The topological polar surface area (TPSA) is 37.3 Å². The van der Waals surface area contributed by atoms with Crippen LogP contribution in [-0.2, 0) is 4.79 Å². The Kier molecular flexibility index (Phi) is 12.7. The molecule has 2 nitrogen and oxygen atoms in total. The fourth-order valence-electron chi connectivity index (χ4n) is 1.42. The lowest BCUT2D eigenvalue weighted by molar-refractivity contribution is -0.137. The number of allylic oxidation sites excluding steroid dienone is 2. The molecule has 102 valence electrons. The van der Waals surface area contributed by atoms with Gasteiger partial charge in [-0.25, -0.2) is 0 Å². The third-order valence-electron chi connectivity index (χ3n) is 2.36. The molecule has 0 amide bonds. The molecule has 0 aromatic rings. The summed E-state index contributed by atoms with van der Waals surface area (Å²) in [4.78, 5) is 10.3. The molecule has 0 radical (unpaired) electrons. The van der Waals surface area contributed by atoms with Crippen molar-refractivity contribution in [2.45, 2.75) is 44.9 Å². The Labute approximate surface area is 121 Å². The molecular formula is C18H18O2. The van der Waals surface area contributed by atoms with Gasteiger partial charge in [0.05, 0.1) is 0 Å². The van der Waals surface area contributed by atoms with E-state index in [2.05, 4.69) is 41.4 Å². The summed E-state index contributed by atoms with van der Waals surface area (Å²) in [6, 6.07) is 0. The first-order valence-corrected chi connectivity index (χ1v) is 6.60. The van der Waals surface area contributed by atoms with Crippen LogP contribution in [0.3, 0.4) is 0 Å². The van der Waals surface area contributed by atoms with Crippen molar-refractivity contribution in [3.8, 4) is 47.9 Å². The zero-order chi connectivity index (χ0) is 14.9. The summed E-state index contributed by atoms with van der Waals surface area (Å²) in [5, 5.41) is 8.47. The summed E-state index contributed by atoms with van der Waals surface area (Å²) in [6.45, 7) is 0. The van der Waals surface area contributed by atoms with Crippen LogP contribution < -0.4 is 0 Å². The standard InChI is InChI=1S/C18H18O2/c1-2-3-4-5-6-7-8-9-10-11-12-13-14-15-16-17-18(19)20/h1,9-10H,11-17H2,(H,19,20)/b10-9+. The van der Waals surface area contributed by atoms with Gasteiger partial charge in [-0.3, -0.25) is 4.79 Å². The second-order valence-electron chi connectivity index (χ2n) is 4.02. The molecule has 0 saturated heterocycles. The zero-order valence-corrected chi connectivity index (χ0v) is 11.5. The molecule has 1 N–H and O–H groups in total. The molecule has 0 bridgehead atoms. The van der Waals surface area contributed by atoms with Crippen LogP contribution in [0.2, 0.25) is 0 Å². The van der Waals surface area contributed by atoms with Gasteiger partial charge < -0.3 is 5.11 Å². The van der Waals surface area contributed by atoms with E-state index >= 15 is 0 Å². The van der Waals surface area contributed by atoms with Gasteiger partial charge in [-0.15, -0.1) is 6.42 Å². The number of hydrogen-bond acceptors (Lipinski definition) is 1. The predicted octanol–water partition coefficient (Wildman–Crippen LogP) is 3.00. The first-order valence-electron chi connectivity index (χ1n) is 6.60.